The number of hydrogen-bond donors (Lipinski definition) is 1. The highest BCUT2D eigenvalue weighted by molar-refractivity contribution is 8.00. The first-order chi connectivity index (χ1) is 11.1. The van der Waals surface area contributed by atoms with Gasteiger partial charge < -0.3 is 9.84 Å². The van der Waals surface area contributed by atoms with Gasteiger partial charge in [-0.1, -0.05) is 23.9 Å². The van der Waals surface area contributed by atoms with E-state index in [1.807, 2.05) is 13.0 Å². The molecule has 2 aromatic rings. The maximum atomic E-state index is 12.7. The standard InChI is InChI=1S/C16H18N2O4S/c1-10-9-13(15(21)22-10)23-16-17-12-6-3-2-5-11(12)14(20)18(16)7-4-8-19/h2-3,5-6,10,13,19H,4,7-9H2,1H3/t10-,13-/m0/s1. The summed E-state index contributed by atoms with van der Waals surface area (Å²) in [5.41, 5.74) is 0.464. The van der Waals surface area contributed by atoms with Crippen molar-refractivity contribution in [3.05, 3.63) is 34.6 Å². The van der Waals surface area contributed by atoms with E-state index in [0.717, 1.165) is 0 Å². The number of carbonyl (C=O) groups excluding carboxylic acids is 1. The lowest BCUT2D eigenvalue weighted by Crippen LogP contribution is -2.25. The smallest absolute Gasteiger partial charge is 0.319 e. The van der Waals surface area contributed by atoms with Crippen molar-refractivity contribution in [1.82, 2.24) is 9.55 Å². The molecular formula is C16H18N2O4S. The Balaban J connectivity index is 2.03. The topological polar surface area (TPSA) is 81.4 Å². The molecular weight excluding hydrogens is 316 g/mol. The SMILES string of the molecule is C[C@H]1C[C@H](Sc2nc3ccccc3c(=O)n2CCCO)C(=O)O1. The molecule has 1 aliphatic rings. The Hall–Kier alpha value is -1.86. The fourth-order valence-corrected chi connectivity index (χ4v) is 3.83. The number of cyclic esters (lactones) is 1. The molecule has 0 amide bonds. The third-order valence-corrected chi connectivity index (χ3v) is 4.93. The molecule has 1 fully saturated rings. The van der Waals surface area contributed by atoms with E-state index in [0.29, 0.717) is 35.4 Å². The van der Waals surface area contributed by atoms with E-state index >= 15 is 0 Å². The third-order valence-electron chi connectivity index (χ3n) is 3.74. The second kappa shape index (κ2) is 6.72. The fraction of sp³-hybridized carbons (Fsp3) is 0.438. The van der Waals surface area contributed by atoms with Gasteiger partial charge in [-0.3, -0.25) is 14.2 Å². The summed E-state index contributed by atoms with van der Waals surface area (Å²) in [5.74, 6) is -0.265. The molecule has 2 heterocycles. The van der Waals surface area contributed by atoms with Crippen LogP contribution in [-0.4, -0.2) is 38.6 Å². The van der Waals surface area contributed by atoms with Crippen molar-refractivity contribution in [2.24, 2.45) is 0 Å². The van der Waals surface area contributed by atoms with Gasteiger partial charge in [-0.25, -0.2) is 4.98 Å². The summed E-state index contributed by atoms with van der Waals surface area (Å²) in [4.78, 5) is 29.1. The molecule has 23 heavy (non-hydrogen) atoms. The number of aromatic nitrogens is 2. The van der Waals surface area contributed by atoms with Gasteiger partial charge in [0.05, 0.1) is 10.9 Å². The van der Waals surface area contributed by atoms with Crippen LogP contribution < -0.4 is 5.56 Å². The highest BCUT2D eigenvalue weighted by Gasteiger charge is 2.34. The zero-order valence-corrected chi connectivity index (χ0v) is 13.6. The molecule has 0 aliphatic carbocycles. The number of aliphatic hydroxyl groups is 1. The van der Waals surface area contributed by atoms with Crippen molar-refractivity contribution in [3.8, 4) is 0 Å². The molecule has 122 valence electrons. The van der Waals surface area contributed by atoms with Gasteiger partial charge >= 0.3 is 5.97 Å². The minimum atomic E-state index is -0.349. The van der Waals surface area contributed by atoms with Crippen LogP contribution >= 0.6 is 11.8 Å². The number of nitrogens with zero attached hydrogens (tertiary/aromatic N) is 2. The molecule has 1 aromatic heterocycles. The maximum Gasteiger partial charge on any atom is 0.319 e. The highest BCUT2D eigenvalue weighted by Crippen LogP contribution is 2.31. The van der Waals surface area contributed by atoms with Crippen LogP contribution in [0, 0.1) is 0 Å². The molecule has 1 N–H and O–H groups in total. The van der Waals surface area contributed by atoms with E-state index in [1.165, 1.54) is 11.8 Å². The summed E-state index contributed by atoms with van der Waals surface area (Å²) in [6.45, 7) is 2.21. The largest absolute Gasteiger partial charge is 0.462 e. The minimum Gasteiger partial charge on any atom is -0.462 e. The number of ether oxygens (including phenoxy) is 1. The molecule has 1 saturated heterocycles. The first-order valence-electron chi connectivity index (χ1n) is 7.57. The van der Waals surface area contributed by atoms with Gasteiger partial charge in [0.15, 0.2) is 5.16 Å². The minimum absolute atomic E-state index is 0.00806. The summed E-state index contributed by atoms with van der Waals surface area (Å²) in [5, 5.41) is 9.76. The molecule has 0 saturated carbocycles. The normalized spacial score (nSPS) is 20.9. The molecule has 0 spiro atoms. The second-order valence-electron chi connectivity index (χ2n) is 5.54. The average molecular weight is 334 g/mol. The molecule has 1 aliphatic heterocycles. The number of carbonyl (C=O) groups is 1. The molecule has 7 heteroatoms. The lowest BCUT2D eigenvalue weighted by Gasteiger charge is -2.14. The Bertz CT molecular complexity index is 789. The summed E-state index contributed by atoms with van der Waals surface area (Å²) in [7, 11) is 0. The van der Waals surface area contributed by atoms with Crippen LogP contribution in [-0.2, 0) is 16.1 Å². The van der Waals surface area contributed by atoms with E-state index in [1.54, 1.807) is 22.8 Å². The molecule has 3 rings (SSSR count). The number of esters is 1. The first kappa shape index (κ1) is 16.0. The van der Waals surface area contributed by atoms with E-state index in [-0.39, 0.29) is 29.5 Å². The Kier molecular flexibility index (Phi) is 4.68. The van der Waals surface area contributed by atoms with Gasteiger partial charge in [0.25, 0.3) is 5.56 Å². The third kappa shape index (κ3) is 3.25. The van der Waals surface area contributed by atoms with Crippen LogP contribution in [0.3, 0.4) is 0 Å². The first-order valence-corrected chi connectivity index (χ1v) is 8.45. The lowest BCUT2D eigenvalue weighted by molar-refractivity contribution is -0.140. The summed E-state index contributed by atoms with van der Waals surface area (Å²) < 4.78 is 6.71. The number of aliphatic hydroxyl groups excluding tert-OH is 1. The van der Waals surface area contributed by atoms with Gasteiger partial charge in [0.1, 0.15) is 11.4 Å². The van der Waals surface area contributed by atoms with Crippen molar-refractivity contribution < 1.29 is 14.6 Å². The predicted octanol–water partition coefficient (Wildman–Crippen LogP) is 1.57. The zero-order chi connectivity index (χ0) is 16.4. The van der Waals surface area contributed by atoms with Crippen molar-refractivity contribution in [1.29, 1.82) is 0 Å². The van der Waals surface area contributed by atoms with Crippen molar-refractivity contribution >= 4 is 28.6 Å². The van der Waals surface area contributed by atoms with Gasteiger partial charge in [-0.2, -0.15) is 0 Å². The second-order valence-corrected chi connectivity index (χ2v) is 6.71. The number of fused-ring (bicyclic) bond motifs is 1. The quantitative estimate of drug-likeness (QED) is 0.660. The Morgan fingerprint density at radius 2 is 2.17 bits per heavy atom. The number of benzene rings is 1. The van der Waals surface area contributed by atoms with Crippen LogP contribution in [0.15, 0.2) is 34.2 Å². The van der Waals surface area contributed by atoms with Gasteiger partial charge in [-0.15, -0.1) is 0 Å². The predicted molar refractivity (Wildman–Crippen MR) is 87.5 cm³/mol. The van der Waals surface area contributed by atoms with E-state index in [9.17, 15) is 9.59 Å². The van der Waals surface area contributed by atoms with Gasteiger partial charge in [-0.05, 0) is 25.5 Å². The van der Waals surface area contributed by atoms with Crippen LogP contribution in [0.25, 0.3) is 10.9 Å². The van der Waals surface area contributed by atoms with Crippen LogP contribution in [0.5, 0.6) is 0 Å². The summed E-state index contributed by atoms with van der Waals surface area (Å²) in [6.07, 6.45) is 0.948. The maximum absolute atomic E-state index is 12.7. The van der Waals surface area contributed by atoms with Crippen molar-refractivity contribution in [3.63, 3.8) is 0 Å². The average Bonchev–Trinajstić information content (AvgIpc) is 2.85. The van der Waals surface area contributed by atoms with Crippen molar-refractivity contribution in [2.45, 2.75) is 42.8 Å². The lowest BCUT2D eigenvalue weighted by atomic mass is 10.2. The highest BCUT2D eigenvalue weighted by atomic mass is 32.2. The fourth-order valence-electron chi connectivity index (χ4n) is 2.61. The van der Waals surface area contributed by atoms with Gasteiger partial charge in [0, 0.05) is 19.6 Å². The molecule has 0 bridgehead atoms. The van der Waals surface area contributed by atoms with E-state index in [2.05, 4.69) is 4.98 Å². The van der Waals surface area contributed by atoms with Crippen molar-refractivity contribution in [2.75, 3.05) is 6.61 Å². The van der Waals surface area contributed by atoms with Crippen LogP contribution in [0.2, 0.25) is 0 Å². The molecule has 6 nitrogen and oxygen atoms in total. The van der Waals surface area contributed by atoms with Crippen LogP contribution in [0.4, 0.5) is 0 Å². The Morgan fingerprint density at radius 1 is 1.39 bits per heavy atom. The number of thioether (sulfide) groups is 1. The Morgan fingerprint density at radius 3 is 2.87 bits per heavy atom. The summed E-state index contributed by atoms with van der Waals surface area (Å²) >= 11 is 1.26. The van der Waals surface area contributed by atoms with E-state index < -0.39 is 0 Å². The molecule has 0 unspecified atom stereocenters. The van der Waals surface area contributed by atoms with Crippen LogP contribution in [0.1, 0.15) is 19.8 Å². The molecule has 0 radical (unpaired) electrons. The summed E-state index contributed by atoms with van der Waals surface area (Å²) in [6, 6.07) is 7.14. The molecule has 2 atom stereocenters. The number of para-hydroxylation sites is 1. The number of hydrogen-bond acceptors (Lipinski definition) is 6. The molecule has 1 aromatic carbocycles. The van der Waals surface area contributed by atoms with Gasteiger partial charge in [0.2, 0.25) is 0 Å². The number of rotatable bonds is 5. The van der Waals surface area contributed by atoms with E-state index in [4.69, 9.17) is 9.84 Å². The zero-order valence-electron chi connectivity index (χ0n) is 12.8. The monoisotopic (exact) mass is 334 g/mol. The Labute approximate surface area is 137 Å².